The molecule has 0 spiro atoms. The van der Waals surface area contributed by atoms with Crippen LogP contribution in [-0.2, 0) is 0 Å². The Hall–Kier alpha value is 0.170. The van der Waals surface area contributed by atoms with E-state index in [2.05, 4.69) is 6.92 Å². The molecule has 0 radical (unpaired) electrons. The van der Waals surface area contributed by atoms with Gasteiger partial charge in [-0.25, -0.2) is 0 Å². The zero-order chi connectivity index (χ0) is 9.61. The molecule has 0 saturated heterocycles. The molecular formula is C8H17ClO3. The van der Waals surface area contributed by atoms with Gasteiger partial charge in [0.1, 0.15) is 5.38 Å². The van der Waals surface area contributed by atoms with Gasteiger partial charge in [0.15, 0.2) is 0 Å². The highest BCUT2D eigenvalue weighted by Crippen LogP contribution is 2.17. The molecule has 0 aliphatic carbocycles. The number of halogens is 1. The maximum absolute atomic E-state index is 8.62. The summed E-state index contributed by atoms with van der Waals surface area (Å²) in [5, 5.41) is 24.9. The highest BCUT2D eigenvalue weighted by atomic mass is 35.5. The van der Waals surface area contributed by atoms with Crippen LogP contribution < -0.4 is 0 Å². The fraction of sp³-hybridized carbons (Fsp3) is 1.00. The standard InChI is InChI=1S/C8H17ClO3/c1-2-3-4-5-6-7(9)8(10,11)12/h7,10-12H,2-6H2,1H3. The van der Waals surface area contributed by atoms with Gasteiger partial charge < -0.3 is 15.3 Å². The predicted molar refractivity (Wildman–Crippen MR) is 47.8 cm³/mol. The van der Waals surface area contributed by atoms with E-state index in [1.807, 2.05) is 0 Å². The minimum Gasteiger partial charge on any atom is -0.342 e. The Morgan fingerprint density at radius 3 is 2.17 bits per heavy atom. The maximum Gasteiger partial charge on any atom is 0.292 e. The van der Waals surface area contributed by atoms with Gasteiger partial charge in [-0.2, -0.15) is 0 Å². The molecule has 0 rings (SSSR count). The van der Waals surface area contributed by atoms with Crippen molar-refractivity contribution >= 4 is 11.6 Å². The van der Waals surface area contributed by atoms with Gasteiger partial charge in [0, 0.05) is 0 Å². The first-order chi connectivity index (χ1) is 5.48. The predicted octanol–water partition coefficient (Wildman–Crippen LogP) is 1.19. The highest BCUT2D eigenvalue weighted by molar-refractivity contribution is 6.21. The second kappa shape index (κ2) is 5.75. The van der Waals surface area contributed by atoms with E-state index in [9.17, 15) is 0 Å². The molecule has 0 aromatic carbocycles. The van der Waals surface area contributed by atoms with Crippen LogP contribution in [-0.4, -0.2) is 26.7 Å². The van der Waals surface area contributed by atoms with E-state index in [4.69, 9.17) is 26.9 Å². The monoisotopic (exact) mass is 196 g/mol. The molecule has 1 unspecified atom stereocenters. The van der Waals surface area contributed by atoms with Crippen LogP contribution in [0.3, 0.4) is 0 Å². The smallest absolute Gasteiger partial charge is 0.292 e. The number of rotatable bonds is 6. The fourth-order valence-electron chi connectivity index (χ4n) is 0.944. The fourth-order valence-corrected chi connectivity index (χ4v) is 1.10. The zero-order valence-corrected chi connectivity index (χ0v) is 8.09. The Kier molecular flexibility index (Phi) is 5.84. The summed E-state index contributed by atoms with van der Waals surface area (Å²) >= 11 is 5.49. The molecule has 12 heavy (non-hydrogen) atoms. The van der Waals surface area contributed by atoms with E-state index < -0.39 is 11.4 Å². The molecule has 74 valence electrons. The first kappa shape index (κ1) is 12.2. The lowest BCUT2D eigenvalue weighted by atomic mass is 10.1. The molecule has 3 nitrogen and oxygen atoms in total. The number of aliphatic hydroxyl groups is 3. The Bertz CT molecular complexity index is 111. The van der Waals surface area contributed by atoms with E-state index in [1.165, 1.54) is 0 Å². The summed E-state index contributed by atoms with van der Waals surface area (Å²) in [5.41, 5.74) is 0. The van der Waals surface area contributed by atoms with Crippen LogP contribution in [0.25, 0.3) is 0 Å². The van der Waals surface area contributed by atoms with Crippen LogP contribution in [0.2, 0.25) is 0 Å². The van der Waals surface area contributed by atoms with Gasteiger partial charge in [0.2, 0.25) is 0 Å². The summed E-state index contributed by atoms with van der Waals surface area (Å²) in [6, 6.07) is 0. The van der Waals surface area contributed by atoms with Gasteiger partial charge in [0.05, 0.1) is 0 Å². The van der Waals surface area contributed by atoms with Crippen molar-refractivity contribution in [2.24, 2.45) is 0 Å². The third-order valence-corrected chi connectivity index (χ3v) is 2.24. The van der Waals surface area contributed by atoms with Crippen molar-refractivity contribution in [3.05, 3.63) is 0 Å². The largest absolute Gasteiger partial charge is 0.342 e. The van der Waals surface area contributed by atoms with Crippen LogP contribution in [0.4, 0.5) is 0 Å². The number of hydrogen-bond donors (Lipinski definition) is 3. The zero-order valence-electron chi connectivity index (χ0n) is 7.33. The first-order valence-corrected chi connectivity index (χ1v) is 4.73. The minimum absolute atomic E-state index is 0.422. The van der Waals surface area contributed by atoms with E-state index in [0.29, 0.717) is 6.42 Å². The van der Waals surface area contributed by atoms with Crippen molar-refractivity contribution in [2.45, 2.75) is 50.4 Å². The van der Waals surface area contributed by atoms with Crippen LogP contribution >= 0.6 is 11.6 Å². The topological polar surface area (TPSA) is 60.7 Å². The van der Waals surface area contributed by atoms with Crippen LogP contribution in [0.5, 0.6) is 0 Å². The van der Waals surface area contributed by atoms with Gasteiger partial charge >= 0.3 is 0 Å². The van der Waals surface area contributed by atoms with Crippen molar-refractivity contribution < 1.29 is 15.3 Å². The molecule has 0 amide bonds. The molecule has 0 bridgehead atoms. The Balaban J connectivity index is 3.38. The second-order valence-corrected chi connectivity index (χ2v) is 3.53. The molecule has 1 atom stereocenters. The normalized spacial score (nSPS) is 14.8. The van der Waals surface area contributed by atoms with E-state index in [0.717, 1.165) is 25.7 Å². The average Bonchev–Trinajstić information content (AvgIpc) is 1.96. The van der Waals surface area contributed by atoms with Crippen LogP contribution in [0.1, 0.15) is 39.0 Å². The molecule has 0 aliphatic rings. The maximum atomic E-state index is 8.62. The van der Waals surface area contributed by atoms with E-state index >= 15 is 0 Å². The first-order valence-electron chi connectivity index (χ1n) is 4.29. The SMILES string of the molecule is CCCCCCC(Cl)C(O)(O)O. The Morgan fingerprint density at radius 2 is 1.75 bits per heavy atom. The van der Waals surface area contributed by atoms with Gasteiger partial charge in [-0.3, -0.25) is 0 Å². The number of unbranched alkanes of at least 4 members (excludes halogenated alkanes) is 3. The summed E-state index contributed by atoms with van der Waals surface area (Å²) in [6.45, 7) is 2.09. The van der Waals surface area contributed by atoms with Gasteiger partial charge in [-0.05, 0) is 6.42 Å². The van der Waals surface area contributed by atoms with Crippen molar-refractivity contribution in [3.8, 4) is 0 Å². The Labute approximate surface area is 78.0 Å². The molecule has 0 aliphatic heterocycles. The third-order valence-electron chi connectivity index (χ3n) is 1.73. The highest BCUT2D eigenvalue weighted by Gasteiger charge is 2.29. The molecule has 0 aromatic heterocycles. The van der Waals surface area contributed by atoms with Crippen molar-refractivity contribution in [1.82, 2.24) is 0 Å². The third kappa shape index (κ3) is 5.77. The Morgan fingerprint density at radius 1 is 1.17 bits per heavy atom. The lowest BCUT2D eigenvalue weighted by Crippen LogP contribution is -2.38. The molecule has 3 N–H and O–H groups in total. The minimum atomic E-state index is -2.73. The lowest BCUT2D eigenvalue weighted by molar-refractivity contribution is -0.311. The van der Waals surface area contributed by atoms with Gasteiger partial charge in [-0.15, -0.1) is 11.6 Å². The quantitative estimate of drug-likeness (QED) is 0.340. The summed E-state index contributed by atoms with van der Waals surface area (Å²) in [4.78, 5) is 0. The van der Waals surface area contributed by atoms with Gasteiger partial charge in [-0.1, -0.05) is 32.6 Å². The molecule has 0 fully saturated rings. The van der Waals surface area contributed by atoms with Crippen molar-refractivity contribution in [2.75, 3.05) is 0 Å². The average molecular weight is 197 g/mol. The van der Waals surface area contributed by atoms with E-state index in [1.54, 1.807) is 0 Å². The lowest BCUT2D eigenvalue weighted by Gasteiger charge is -2.19. The summed E-state index contributed by atoms with van der Waals surface area (Å²) < 4.78 is 0. The molecule has 0 saturated carbocycles. The van der Waals surface area contributed by atoms with Crippen molar-refractivity contribution in [1.29, 1.82) is 0 Å². The van der Waals surface area contributed by atoms with Gasteiger partial charge in [0.25, 0.3) is 5.97 Å². The molecule has 4 heteroatoms. The molecule has 0 heterocycles. The molecular weight excluding hydrogens is 180 g/mol. The summed E-state index contributed by atoms with van der Waals surface area (Å²) in [5.74, 6) is -2.73. The summed E-state index contributed by atoms with van der Waals surface area (Å²) in [6.07, 6.45) is 4.47. The molecule has 0 aromatic rings. The van der Waals surface area contributed by atoms with E-state index in [-0.39, 0.29) is 0 Å². The van der Waals surface area contributed by atoms with Crippen molar-refractivity contribution in [3.63, 3.8) is 0 Å². The summed E-state index contributed by atoms with van der Waals surface area (Å²) in [7, 11) is 0. The number of alkyl halides is 1. The second-order valence-electron chi connectivity index (χ2n) is 3.00. The van der Waals surface area contributed by atoms with Crippen LogP contribution in [0, 0.1) is 0 Å². The number of hydrogen-bond acceptors (Lipinski definition) is 3. The van der Waals surface area contributed by atoms with Crippen LogP contribution in [0.15, 0.2) is 0 Å².